The predicted molar refractivity (Wildman–Crippen MR) is 197 cm³/mol. The van der Waals surface area contributed by atoms with Gasteiger partial charge in [-0.05, 0) is 89.5 Å². The van der Waals surface area contributed by atoms with Crippen molar-refractivity contribution < 1.29 is 48.6 Å². The fourth-order valence-electron chi connectivity index (χ4n) is 10.5. The van der Waals surface area contributed by atoms with Gasteiger partial charge in [0.15, 0.2) is 11.6 Å². The topological polar surface area (TPSA) is 141 Å². The summed E-state index contributed by atoms with van der Waals surface area (Å²) in [5.41, 5.74) is -1.40. The number of carboxylic acid groups (broad SMARTS) is 1. The van der Waals surface area contributed by atoms with E-state index in [-0.39, 0.29) is 47.8 Å². The molecule has 0 aromatic heterocycles. The Morgan fingerprint density at radius 2 is 1.58 bits per heavy atom. The molecule has 0 radical (unpaired) electrons. The summed E-state index contributed by atoms with van der Waals surface area (Å²) in [7, 11) is 0. The first-order valence-corrected chi connectivity index (χ1v) is 20.6. The summed E-state index contributed by atoms with van der Waals surface area (Å²) in [5.74, 6) is -4.67. The van der Waals surface area contributed by atoms with Crippen LogP contribution >= 0.6 is 0 Å². The van der Waals surface area contributed by atoms with Crippen LogP contribution in [0.4, 0.5) is 0 Å². The maximum absolute atomic E-state index is 14.4. The van der Waals surface area contributed by atoms with Crippen LogP contribution in [0.1, 0.15) is 140 Å². The second-order valence-electron chi connectivity index (χ2n) is 17.8. The number of hydrogen-bond donors (Lipinski definition) is 3. The number of aliphatic hydroxyl groups excluding tert-OH is 1. The molecule has 0 aromatic carbocycles. The van der Waals surface area contributed by atoms with E-state index in [2.05, 4.69) is 33.8 Å². The first-order valence-electron chi connectivity index (χ1n) is 20.6. The van der Waals surface area contributed by atoms with Crippen molar-refractivity contribution in [1.29, 1.82) is 0 Å². The summed E-state index contributed by atoms with van der Waals surface area (Å²) >= 11 is 0. The maximum Gasteiger partial charge on any atom is 0.309 e. The van der Waals surface area contributed by atoms with Crippen LogP contribution < -0.4 is 0 Å². The minimum absolute atomic E-state index is 0.0134. The Morgan fingerprint density at radius 1 is 0.885 bits per heavy atom. The summed E-state index contributed by atoms with van der Waals surface area (Å²) in [6.07, 6.45) is 8.95. The SMILES string of the molecule is CC[C@H](C(=O)O)[C@H]1CC[C@H](C)[C@H]([C@@H](C)[C@H](O)[C@H](C)C(=O)[C@H](CC)[C@H]2O[C@@]3(C=CC[C@]4(CC[C@@](C)([C@H]5CC[C@](O)(CC)[C@H](C)O5)O4)O3)[C@H](C)C[C@@H]2C)O1. The van der Waals surface area contributed by atoms with Gasteiger partial charge in [-0.3, -0.25) is 9.59 Å². The lowest BCUT2D eigenvalue weighted by molar-refractivity contribution is -0.393. The molecule has 5 aliphatic heterocycles. The van der Waals surface area contributed by atoms with Crippen LogP contribution in [0, 0.1) is 41.4 Å². The molecule has 0 unspecified atom stereocenters. The van der Waals surface area contributed by atoms with E-state index in [4.69, 9.17) is 23.7 Å². The summed E-state index contributed by atoms with van der Waals surface area (Å²) in [6.45, 7) is 20.0. The zero-order valence-corrected chi connectivity index (χ0v) is 33.6. The molecule has 298 valence electrons. The molecule has 5 heterocycles. The summed E-state index contributed by atoms with van der Waals surface area (Å²) in [6, 6.07) is 0. The smallest absolute Gasteiger partial charge is 0.309 e. The van der Waals surface area contributed by atoms with Crippen molar-refractivity contribution in [3.05, 3.63) is 12.2 Å². The number of aliphatic hydroxyl groups is 2. The lowest BCUT2D eigenvalue weighted by atomic mass is 9.72. The molecule has 3 N–H and O–H groups in total. The monoisotopic (exact) mass is 734 g/mol. The quantitative estimate of drug-likeness (QED) is 0.176. The highest BCUT2D eigenvalue weighted by atomic mass is 16.8. The van der Waals surface area contributed by atoms with E-state index in [0.717, 1.165) is 19.3 Å². The van der Waals surface area contributed by atoms with Crippen molar-refractivity contribution in [1.82, 2.24) is 0 Å². The van der Waals surface area contributed by atoms with Crippen molar-refractivity contribution in [2.75, 3.05) is 0 Å². The molecule has 0 aliphatic carbocycles. The van der Waals surface area contributed by atoms with E-state index in [0.29, 0.717) is 51.4 Å². The van der Waals surface area contributed by atoms with Gasteiger partial charge < -0.3 is 39.0 Å². The highest BCUT2D eigenvalue weighted by molar-refractivity contribution is 5.84. The summed E-state index contributed by atoms with van der Waals surface area (Å²) in [4.78, 5) is 26.3. The maximum atomic E-state index is 14.4. The number of ketones is 1. The molecule has 0 saturated carbocycles. The molecule has 10 nitrogen and oxygen atoms in total. The van der Waals surface area contributed by atoms with E-state index in [1.165, 1.54) is 0 Å². The van der Waals surface area contributed by atoms with E-state index < -0.39 is 64.8 Å². The first kappa shape index (κ1) is 41.8. The second kappa shape index (κ2) is 16.0. The molecule has 0 bridgehead atoms. The van der Waals surface area contributed by atoms with E-state index in [1.807, 2.05) is 47.6 Å². The third-order valence-corrected chi connectivity index (χ3v) is 14.3. The molecule has 4 fully saturated rings. The number of ether oxygens (including phenoxy) is 5. The van der Waals surface area contributed by atoms with Crippen molar-refractivity contribution in [2.45, 2.75) is 199 Å². The van der Waals surface area contributed by atoms with Crippen LogP contribution in [-0.4, -0.2) is 86.5 Å². The molecule has 0 amide bonds. The molecule has 17 atom stereocenters. The lowest BCUT2D eigenvalue weighted by Gasteiger charge is -2.53. The first-order chi connectivity index (χ1) is 24.4. The highest BCUT2D eigenvalue weighted by Gasteiger charge is 2.60. The van der Waals surface area contributed by atoms with Crippen molar-refractivity contribution >= 4 is 11.8 Å². The number of hydrogen-bond acceptors (Lipinski definition) is 9. The molecular weight excluding hydrogens is 664 g/mol. The number of aliphatic carboxylic acids is 1. The van der Waals surface area contributed by atoms with E-state index >= 15 is 0 Å². The fraction of sp³-hybridized carbons (Fsp3) is 0.905. The van der Waals surface area contributed by atoms with Crippen LogP contribution in [0.15, 0.2) is 12.2 Å². The van der Waals surface area contributed by atoms with Gasteiger partial charge in [-0.1, -0.05) is 61.5 Å². The molecule has 10 heteroatoms. The fourth-order valence-corrected chi connectivity index (χ4v) is 10.5. The standard InChI is InChI=1S/C42H70O10/c1-11-30(38(45)46)32-16-15-24(4)36(49-32)28(8)34(43)27(7)35(44)31(12-2)37-25(5)23-26(6)42(50-37)19-14-18-41(52-42)22-21-39(10,51-41)33-17-20-40(47,13-3)29(9)48-33/h14,19,24-34,36-37,43,47H,11-13,15-18,20-23H2,1-10H3,(H,45,46)/t24-,25-,26+,27-,28-,29-,30-,31-,32+,33+,34+,36+,37-,39-,40+,41+,42+/m0/s1. The van der Waals surface area contributed by atoms with Gasteiger partial charge in [-0.25, -0.2) is 0 Å². The van der Waals surface area contributed by atoms with Crippen molar-refractivity contribution in [2.24, 2.45) is 41.4 Å². The van der Waals surface area contributed by atoms with Gasteiger partial charge in [0.2, 0.25) is 0 Å². The number of carbonyl (C=O) groups excluding carboxylic acids is 1. The van der Waals surface area contributed by atoms with Crippen LogP contribution in [0.25, 0.3) is 0 Å². The average Bonchev–Trinajstić information content (AvgIpc) is 3.43. The Balaban J connectivity index is 1.29. The molecule has 4 saturated heterocycles. The number of carbonyl (C=O) groups is 2. The lowest BCUT2D eigenvalue weighted by Crippen LogP contribution is -2.60. The van der Waals surface area contributed by atoms with Gasteiger partial charge in [-0.2, -0.15) is 0 Å². The third kappa shape index (κ3) is 7.83. The van der Waals surface area contributed by atoms with Gasteiger partial charge in [0.05, 0.1) is 53.7 Å². The van der Waals surface area contributed by atoms with Gasteiger partial charge >= 0.3 is 5.97 Å². The molecule has 2 spiro atoms. The highest BCUT2D eigenvalue weighted by Crippen LogP contribution is 2.54. The van der Waals surface area contributed by atoms with Gasteiger partial charge in [0.25, 0.3) is 0 Å². The van der Waals surface area contributed by atoms with E-state index in [9.17, 15) is 24.9 Å². The second-order valence-corrected chi connectivity index (χ2v) is 17.8. The van der Waals surface area contributed by atoms with Gasteiger partial charge in [0.1, 0.15) is 5.78 Å². The third-order valence-electron chi connectivity index (χ3n) is 14.3. The minimum atomic E-state index is -1.06. The van der Waals surface area contributed by atoms with Crippen LogP contribution in [0.5, 0.6) is 0 Å². The van der Waals surface area contributed by atoms with Crippen LogP contribution in [0.2, 0.25) is 0 Å². The minimum Gasteiger partial charge on any atom is -0.481 e. The number of carboxylic acids is 1. The largest absolute Gasteiger partial charge is 0.481 e. The average molecular weight is 735 g/mol. The summed E-state index contributed by atoms with van der Waals surface area (Å²) < 4.78 is 33.9. The Morgan fingerprint density at radius 3 is 2.19 bits per heavy atom. The normalized spacial score (nSPS) is 45.4. The Labute approximate surface area is 312 Å². The summed E-state index contributed by atoms with van der Waals surface area (Å²) in [5, 5.41) is 32.5. The zero-order chi connectivity index (χ0) is 38.4. The Hall–Kier alpha value is -1.40. The predicted octanol–water partition coefficient (Wildman–Crippen LogP) is 7.22. The molecule has 0 aromatic rings. The van der Waals surface area contributed by atoms with Crippen molar-refractivity contribution in [3.63, 3.8) is 0 Å². The van der Waals surface area contributed by atoms with E-state index in [1.54, 1.807) is 0 Å². The van der Waals surface area contributed by atoms with Gasteiger partial charge in [-0.15, -0.1) is 0 Å². The number of rotatable bonds is 12. The Bertz CT molecular complexity index is 1290. The molecule has 5 rings (SSSR count). The van der Waals surface area contributed by atoms with Crippen LogP contribution in [-0.2, 0) is 33.3 Å². The van der Waals surface area contributed by atoms with Gasteiger partial charge in [0, 0.05) is 36.5 Å². The molecule has 5 aliphatic rings. The van der Waals surface area contributed by atoms with Crippen molar-refractivity contribution in [3.8, 4) is 0 Å². The molecular formula is C42H70O10. The Kier molecular flexibility index (Phi) is 12.8. The molecule has 52 heavy (non-hydrogen) atoms. The zero-order valence-electron chi connectivity index (χ0n) is 33.6. The number of Topliss-reactive ketones (excluding diaryl/α,β-unsaturated/α-hetero) is 1. The van der Waals surface area contributed by atoms with Crippen LogP contribution in [0.3, 0.4) is 0 Å².